The second kappa shape index (κ2) is 17.0. The summed E-state index contributed by atoms with van der Waals surface area (Å²) < 4.78 is 2.35. The van der Waals surface area contributed by atoms with Crippen molar-refractivity contribution < 1.29 is 0 Å². The van der Waals surface area contributed by atoms with Crippen LogP contribution in [-0.4, -0.2) is 14.5 Å². The molecule has 0 fully saturated rings. The van der Waals surface area contributed by atoms with Crippen LogP contribution in [0, 0.1) is 11.3 Å². The van der Waals surface area contributed by atoms with Gasteiger partial charge in [0.05, 0.1) is 34.1 Å². The number of hydrogen-bond acceptors (Lipinski definition) is 3. The molecule has 0 saturated heterocycles. The maximum Gasteiger partial charge on any atom is 0.0998 e. The van der Waals surface area contributed by atoms with Crippen molar-refractivity contribution in [1.82, 2.24) is 14.5 Å². The molecule has 0 aliphatic heterocycles. The summed E-state index contributed by atoms with van der Waals surface area (Å²) >= 11 is 0. The topological polar surface area (TPSA) is 54.5 Å². The standard InChI is InChI=1S/C71H42N4/c72-43-52-26-32-66-70-58(52)29-30-59-57(31-33-67(71(59)70)75(66)56-16-2-1-3-17-56)49-25-28-61-63(42-49)69(51-23-21-45-13-5-7-15-47(45)37-51)60-27-24-48(41-62(60)68(61)50-22-20-44-12-4-6-14-46(44)36-50)53-38-54(64-18-8-10-34-73-64)40-55(39-53)65-19-9-11-35-74-65/h1-42H. The van der Waals surface area contributed by atoms with Gasteiger partial charge in [-0.05, 0) is 190 Å². The van der Waals surface area contributed by atoms with E-state index in [0.29, 0.717) is 5.56 Å². The third-order valence-corrected chi connectivity index (χ3v) is 15.4. The number of pyridine rings is 2. The molecule has 15 rings (SSSR count). The molecule has 346 valence electrons. The average molecular weight is 951 g/mol. The summed E-state index contributed by atoms with van der Waals surface area (Å²) in [7, 11) is 0. The molecule has 75 heavy (non-hydrogen) atoms. The van der Waals surface area contributed by atoms with Crippen LogP contribution in [0.3, 0.4) is 0 Å². The van der Waals surface area contributed by atoms with E-state index >= 15 is 0 Å². The average Bonchev–Trinajstić information content (AvgIpc) is 3.83. The van der Waals surface area contributed by atoms with E-state index in [9.17, 15) is 5.26 Å². The van der Waals surface area contributed by atoms with Crippen molar-refractivity contribution in [3.63, 3.8) is 0 Å². The Labute approximate surface area is 432 Å². The first-order chi connectivity index (χ1) is 37.1. The number of hydrogen-bond donors (Lipinski definition) is 0. The van der Waals surface area contributed by atoms with Crippen LogP contribution >= 0.6 is 0 Å². The number of aromatic nitrogens is 3. The third kappa shape index (κ3) is 6.83. The van der Waals surface area contributed by atoms with Crippen LogP contribution in [0.25, 0.3) is 148 Å². The second-order valence-electron chi connectivity index (χ2n) is 19.6. The summed E-state index contributed by atoms with van der Waals surface area (Å²) in [6, 6.07) is 90.3. The van der Waals surface area contributed by atoms with Gasteiger partial charge < -0.3 is 4.57 Å². The molecule has 0 aliphatic carbocycles. The number of nitrogens with zero attached hydrogens (tertiary/aromatic N) is 4. The highest BCUT2D eigenvalue weighted by Crippen LogP contribution is 2.49. The van der Waals surface area contributed by atoms with E-state index in [1.807, 2.05) is 42.7 Å². The quantitative estimate of drug-likeness (QED) is 0.118. The third-order valence-electron chi connectivity index (χ3n) is 15.4. The zero-order valence-corrected chi connectivity index (χ0v) is 40.5. The first-order valence-corrected chi connectivity index (χ1v) is 25.4. The summed E-state index contributed by atoms with van der Waals surface area (Å²) in [6.45, 7) is 0. The zero-order valence-electron chi connectivity index (χ0n) is 40.5. The highest BCUT2D eigenvalue weighted by atomic mass is 15.0. The normalized spacial score (nSPS) is 11.7. The number of nitriles is 1. The van der Waals surface area contributed by atoms with E-state index in [2.05, 4.69) is 223 Å². The highest BCUT2D eigenvalue weighted by molar-refractivity contribution is 6.28. The van der Waals surface area contributed by atoms with Gasteiger partial charge in [-0.25, -0.2) is 0 Å². The van der Waals surface area contributed by atoms with Crippen molar-refractivity contribution >= 4 is 75.7 Å². The largest absolute Gasteiger partial charge is 0.309 e. The van der Waals surface area contributed by atoms with Gasteiger partial charge in [-0.15, -0.1) is 0 Å². The van der Waals surface area contributed by atoms with Gasteiger partial charge in [0.25, 0.3) is 0 Å². The maximum absolute atomic E-state index is 10.4. The van der Waals surface area contributed by atoms with E-state index in [4.69, 9.17) is 9.97 Å². The van der Waals surface area contributed by atoms with Crippen LogP contribution in [0.4, 0.5) is 0 Å². The van der Waals surface area contributed by atoms with E-state index in [-0.39, 0.29) is 0 Å². The fraction of sp³-hybridized carbons (Fsp3) is 0. The molecule has 0 atom stereocenters. The van der Waals surface area contributed by atoms with Crippen molar-refractivity contribution in [2.24, 2.45) is 0 Å². The van der Waals surface area contributed by atoms with Gasteiger partial charge in [0.1, 0.15) is 0 Å². The first-order valence-electron chi connectivity index (χ1n) is 25.4. The smallest absolute Gasteiger partial charge is 0.0998 e. The van der Waals surface area contributed by atoms with Crippen molar-refractivity contribution in [2.75, 3.05) is 0 Å². The SMILES string of the molecule is N#Cc1ccc2c3c1ccc1c(-c4ccc5c(-c6ccc7ccccc7c6)c6cc(-c7cc(-c8ccccn8)cc(-c8ccccn8)c7)ccc6c(-c6ccc7ccccc7c6)c5c4)ccc(c13)n2-c1ccccc1. The molecule has 0 bridgehead atoms. The Hall–Kier alpha value is -10.2. The lowest BCUT2D eigenvalue weighted by Crippen LogP contribution is -1.94. The summed E-state index contributed by atoms with van der Waals surface area (Å²) in [4.78, 5) is 9.60. The molecule has 0 amide bonds. The van der Waals surface area contributed by atoms with Gasteiger partial charge >= 0.3 is 0 Å². The van der Waals surface area contributed by atoms with Crippen molar-refractivity contribution in [3.05, 3.63) is 261 Å². The summed E-state index contributed by atoms with van der Waals surface area (Å²) in [5.74, 6) is 0. The predicted molar refractivity (Wildman–Crippen MR) is 312 cm³/mol. The fourth-order valence-corrected chi connectivity index (χ4v) is 12.0. The molecule has 3 heterocycles. The molecular weight excluding hydrogens is 909 g/mol. The molecule has 4 heteroatoms. The van der Waals surface area contributed by atoms with Crippen LogP contribution in [-0.2, 0) is 0 Å². The minimum Gasteiger partial charge on any atom is -0.309 e. The first kappa shape index (κ1) is 42.5. The Morgan fingerprint density at radius 3 is 1.41 bits per heavy atom. The van der Waals surface area contributed by atoms with Crippen molar-refractivity contribution in [3.8, 4) is 78.8 Å². The summed E-state index contributed by atoms with van der Waals surface area (Å²) in [5, 5.41) is 24.2. The Bertz CT molecular complexity index is 4760. The number of benzene rings is 12. The van der Waals surface area contributed by atoms with Crippen LogP contribution in [0.5, 0.6) is 0 Å². The van der Waals surface area contributed by atoms with E-state index < -0.39 is 0 Å². The summed E-state index contributed by atoms with van der Waals surface area (Å²) in [6.07, 6.45) is 3.71. The summed E-state index contributed by atoms with van der Waals surface area (Å²) in [5.41, 5.74) is 17.0. The van der Waals surface area contributed by atoms with Gasteiger partial charge in [-0.1, -0.05) is 146 Å². The Kier molecular flexibility index (Phi) is 9.60. The van der Waals surface area contributed by atoms with Gasteiger partial charge in [0.2, 0.25) is 0 Å². The predicted octanol–water partition coefficient (Wildman–Crippen LogP) is 18.7. The van der Waals surface area contributed by atoms with Gasteiger partial charge in [-0.2, -0.15) is 5.26 Å². The molecule has 0 N–H and O–H groups in total. The lowest BCUT2D eigenvalue weighted by atomic mass is 9.82. The maximum atomic E-state index is 10.4. The van der Waals surface area contributed by atoms with E-state index in [0.717, 1.165) is 94.2 Å². The second-order valence-corrected chi connectivity index (χ2v) is 19.6. The van der Waals surface area contributed by atoms with Crippen LogP contribution in [0.2, 0.25) is 0 Å². The lowest BCUT2D eigenvalue weighted by Gasteiger charge is -2.21. The fourth-order valence-electron chi connectivity index (χ4n) is 12.0. The van der Waals surface area contributed by atoms with Crippen LogP contribution < -0.4 is 0 Å². The molecule has 3 aromatic heterocycles. The Balaban J connectivity index is 1.03. The monoisotopic (exact) mass is 950 g/mol. The van der Waals surface area contributed by atoms with Gasteiger partial charge in [-0.3, -0.25) is 9.97 Å². The molecule has 4 nitrogen and oxygen atoms in total. The minimum absolute atomic E-state index is 0.679. The van der Waals surface area contributed by atoms with Gasteiger partial charge in [0.15, 0.2) is 0 Å². The van der Waals surface area contributed by atoms with Crippen molar-refractivity contribution in [1.29, 1.82) is 5.26 Å². The number of fused-ring (bicyclic) bond motifs is 4. The van der Waals surface area contributed by atoms with Gasteiger partial charge in [0, 0.05) is 45.4 Å². The zero-order chi connectivity index (χ0) is 49.6. The van der Waals surface area contributed by atoms with Crippen molar-refractivity contribution in [2.45, 2.75) is 0 Å². The molecule has 12 aromatic carbocycles. The van der Waals surface area contributed by atoms with Crippen LogP contribution in [0.15, 0.2) is 255 Å². The number of rotatable bonds is 7. The molecule has 0 radical (unpaired) electrons. The molecule has 0 saturated carbocycles. The molecular formula is C71H42N4. The molecule has 15 aromatic rings. The molecule has 0 aliphatic rings. The molecule has 0 unspecified atom stereocenters. The Morgan fingerprint density at radius 1 is 0.320 bits per heavy atom. The molecule has 0 spiro atoms. The number of para-hydroxylation sites is 1. The van der Waals surface area contributed by atoms with Crippen LogP contribution in [0.1, 0.15) is 5.56 Å². The lowest BCUT2D eigenvalue weighted by molar-refractivity contribution is 1.18. The minimum atomic E-state index is 0.679. The highest BCUT2D eigenvalue weighted by Gasteiger charge is 2.23. The van der Waals surface area contributed by atoms with E-state index in [1.54, 1.807) is 0 Å². The van der Waals surface area contributed by atoms with E-state index in [1.165, 1.54) is 54.2 Å². The Morgan fingerprint density at radius 2 is 0.813 bits per heavy atom.